The maximum absolute atomic E-state index is 12.2. The van der Waals surface area contributed by atoms with E-state index in [9.17, 15) is 4.79 Å². The zero-order chi connectivity index (χ0) is 16.2. The Labute approximate surface area is 140 Å². The van der Waals surface area contributed by atoms with Gasteiger partial charge in [-0.15, -0.1) is 0 Å². The molecule has 0 fully saturated rings. The summed E-state index contributed by atoms with van der Waals surface area (Å²) in [5, 5.41) is 9.36. The minimum atomic E-state index is -0.389. The topological polar surface area (TPSA) is 92.9 Å². The molecule has 0 unspecified atom stereocenters. The van der Waals surface area contributed by atoms with Gasteiger partial charge in [-0.2, -0.15) is 0 Å². The van der Waals surface area contributed by atoms with Gasteiger partial charge in [0.2, 0.25) is 5.95 Å². The van der Waals surface area contributed by atoms with Gasteiger partial charge in [0.15, 0.2) is 5.82 Å². The molecule has 1 aromatic carbocycles. The largest absolute Gasteiger partial charge is 0.360 e. The smallest absolute Gasteiger partial charge is 0.275 e. The Morgan fingerprint density at radius 3 is 2.70 bits per heavy atom. The molecule has 23 heavy (non-hydrogen) atoms. The Kier molecular flexibility index (Phi) is 4.33. The average Bonchev–Trinajstić information content (AvgIpc) is 2.95. The van der Waals surface area contributed by atoms with Gasteiger partial charge in [-0.25, -0.2) is 9.97 Å². The highest BCUT2D eigenvalue weighted by molar-refractivity contribution is 9.10. The zero-order valence-electron chi connectivity index (χ0n) is 12.1. The second-order valence-corrected chi connectivity index (χ2v) is 5.59. The molecule has 2 aromatic heterocycles. The second kappa shape index (κ2) is 6.57. The summed E-state index contributed by atoms with van der Waals surface area (Å²) < 4.78 is 5.87. The fourth-order valence-electron chi connectivity index (χ4n) is 1.81. The molecule has 7 nitrogen and oxygen atoms in total. The highest BCUT2D eigenvalue weighted by atomic mass is 79.9. The molecule has 0 aliphatic rings. The molecule has 2 N–H and O–H groups in total. The van der Waals surface area contributed by atoms with Gasteiger partial charge in [0.05, 0.1) is 0 Å². The lowest BCUT2D eigenvalue weighted by Crippen LogP contribution is -2.15. The number of aryl methyl sites for hydroxylation is 1. The van der Waals surface area contributed by atoms with Crippen LogP contribution in [0.3, 0.4) is 0 Å². The van der Waals surface area contributed by atoms with Gasteiger partial charge in [0, 0.05) is 22.4 Å². The van der Waals surface area contributed by atoms with Crippen LogP contribution in [0, 0.1) is 6.92 Å². The van der Waals surface area contributed by atoms with Crippen molar-refractivity contribution in [3.63, 3.8) is 0 Å². The number of benzene rings is 1. The molecule has 0 aliphatic carbocycles. The van der Waals surface area contributed by atoms with Crippen LogP contribution in [0.25, 0.3) is 0 Å². The van der Waals surface area contributed by atoms with E-state index in [1.165, 1.54) is 12.3 Å². The van der Waals surface area contributed by atoms with Crippen LogP contribution >= 0.6 is 15.9 Å². The van der Waals surface area contributed by atoms with Gasteiger partial charge >= 0.3 is 0 Å². The average molecular weight is 374 g/mol. The summed E-state index contributed by atoms with van der Waals surface area (Å²) in [7, 11) is 0. The van der Waals surface area contributed by atoms with Gasteiger partial charge in [-0.3, -0.25) is 4.79 Å². The van der Waals surface area contributed by atoms with Crippen LogP contribution in [-0.2, 0) is 0 Å². The van der Waals surface area contributed by atoms with Crippen LogP contribution in [0.4, 0.5) is 17.5 Å². The Hall–Kier alpha value is -2.74. The molecule has 3 rings (SSSR count). The SMILES string of the molecule is Cc1cc(NC(=O)c2ccnc(Nc3ccc(Br)cc3)n2)no1. The first-order valence-electron chi connectivity index (χ1n) is 6.70. The third-order valence-electron chi connectivity index (χ3n) is 2.86. The number of rotatable bonds is 4. The van der Waals surface area contributed by atoms with Crippen molar-refractivity contribution in [1.29, 1.82) is 0 Å². The summed E-state index contributed by atoms with van der Waals surface area (Å²) >= 11 is 3.37. The third-order valence-corrected chi connectivity index (χ3v) is 3.39. The fourth-order valence-corrected chi connectivity index (χ4v) is 2.08. The van der Waals surface area contributed by atoms with Crippen molar-refractivity contribution in [2.45, 2.75) is 6.92 Å². The van der Waals surface area contributed by atoms with Gasteiger partial charge in [-0.1, -0.05) is 21.1 Å². The van der Waals surface area contributed by atoms with E-state index in [2.05, 4.69) is 41.7 Å². The highest BCUT2D eigenvalue weighted by Crippen LogP contribution is 2.17. The number of nitrogens with zero attached hydrogens (tertiary/aromatic N) is 3. The number of halogens is 1. The van der Waals surface area contributed by atoms with E-state index in [0.717, 1.165) is 10.2 Å². The molecular formula is C15H12BrN5O2. The first-order valence-corrected chi connectivity index (χ1v) is 7.50. The van der Waals surface area contributed by atoms with E-state index in [-0.39, 0.29) is 11.6 Å². The summed E-state index contributed by atoms with van der Waals surface area (Å²) in [6.45, 7) is 1.74. The van der Waals surface area contributed by atoms with Crippen molar-refractivity contribution in [2.75, 3.05) is 10.6 Å². The quantitative estimate of drug-likeness (QED) is 0.726. The third kappa shape index (κ3) is 3.92. The molecule has 2 heterocycles. The number of nitrogens with one attached hydrogen (secondary N) is 2. The number of anilines is 3. The van der Waals surface area contributed by atoms with Gasteiger partial charge < -0.3 is 15.2 Å². The van der Waals surface area contributed by atoms with Crippen molar-refractivity contribution < 1.29 is 9.32 Å². The van der Waals surface area contributed by atoms with Gasteiger partial charge in [0.1, 0.15) is 11.5 Å². The van der Waals surface area contributed by atoms with Crippen molar-refractivity contribution in [1.82, 2.24) is 15.1 Å². The van der Waals surface area contributed by atoms with E-state index < -0.39 is 0 Å². The first-order chi connectivity index (χ1) is 11.1. The lowest BCUT2D eigenvalue weighted by molar-refractivity contribution is 0.102. The maximum atomic E-state index is 12.2. The number of hydrogen-bond acceptors (Lipinski definition) is 6. The normalized spacial score (nSPS) is 10.3. The van der Waals surface area contributed by atoms with Crippen LogP contribution in [-0.4, -0.2) is 21.0 Å². The van der Waals surface area contributed by atoms with E-state index in [0.29, 0.717) is 17.5 Å². The highest BCUT2D eigenvalue weighted by Gasteiger charge is 2.11. The summed E-state index contributed by atoms with van der Waals surface area (Å²) in [5.74, 6) is 0.893. The fraction of sp³-hybridized carbons (Fsp3) is 0.0667. The van der Waals surface area contributed by atoms with Crippen molar-refractivity contribution in [2.24, 2.45) is 0 Å². The first kappa shape index (κ1) is 15.2. The number of carbonyl (C=O) groups excluding carboxylic acids is 1. The molecule has 116 valence electrons. The minimum Gasteiger partial charge on any atom is -0.360 e. The molecule has 8 heteroatoms. The number of amides is 1. The monoisotopic (exact) mass is 373 g/mol. The molecular weight excluding hydrogens is 362 g/mol. The van der Waals surface area contributed by atoms with Crippen LogP contribution in [0.2, 0.25) is 0 Å². The lowest BCUT2D eigenvalue weighted by atomic mass is 10.3. The van der Waals surface area contributed by atoms with Gasteiger partial charge in [0.25, 0.3) is 5.91 Å². The van der Waals surface area contributed by atoms with Gasteiger partial charge in [-0.05, 0) is 37.3 Å². The zero-order valence-corrected chi connectivity index (χ0v) is 13.7. The molecule has 0 atom stereocenters. The number of carbonyl (C=O) groups is 1. The molecule has 0 saturated heterocycles. The van der Waals surface area contributed by atoms with Crippen LogP contribution in [0.1, 0.15) is 16.2 Å². The minimum absolute atomic E-state index is 0.222. The molecule has 3 aromatic rings. The summed E-state index contributed by atoms with van der Waals surface area (Å²) in [6.07, 6.45) is 1.51. The molecule has 0 radical (unpaired) electrons. The molecule has 0 spiro atoms. The Bertz CT molecular complexity index is 832. The van der Waals surface area contributed by atoms with Crippen molar-refractivity contribution >= 4 is 39.3 Å². The van der Waals surface area contributed by atoms with E-state index in [1.807, 2.05) is 24.3 Å². The van der Waals surface area contributed by atoms with Crippen LogP contribution in [0.5, 0.6) is 0 Å². The predicted octanol–water partition coefficient (Wildman–Crippen LogP) is 3.53. The Morgan fingerprint density at radius 2 is 2.00 bits per heavy atom. The second-order valence-electron chi connectivity index (χ2n) is 4.67. The van der Waals surface area contributed by atoms with Crippen molar-refractivity contribution in [3.8, 4) is 0 Å². The standard InChI is InChI=1S/C15H12BrN5O2/c1-9-8-13(21-23-9)20-14(22)12-6-7-17-15(19-12)18-11-4-2-10(16)3-5-11/h2-8H,1H3,(H,17,18,19)(H,20,21,22). The number of hydrogen-bond donors (Lipinski definition) is 2. The lowest BCUT2D eigenvalue weighted by Gasteiger charge is -2.06. The molecule has 1 amide bonds. The summed E-state index contributed by atoms with van der Waals surface area (Å²) in [4.78, 5) is 20.4. The Balaban J connectivity index is 1.73. The summed E-state index contributed by atoms with van der Waals surface area (Å²) in [6, 6.07) is 10.7. The van der Waals surface area contributed by atoms with E-state index in [1.54, 1.807) is 13.0 Å². The van der Waals surface area contributed by atoms with Crippen LogP contribution in [0.15, 0.2) is 51.6 Å². The van der Waals surface area contributed by atoms with Crippen molar-refractivity contribution in [3.05, 3.63) is 58.5 Å². The maximum Gasteiger partial charge on any atom is 0.275 e. The summed E-state index contributed by atoms with van der Waals surface area (Å²) in [5.41, 5.74) is 1.04. The van der Waals surface area contributed by atoms with E-state index in [4.69, 9.17) is 4.52 Å². The number of aromatic nitrogens is 3. The molecule has 0 aliphatic heterocycles. The predicted molar refractivity (Wildman–Crippen MR) is 88.6 cm³/mol. The van der Waals surface area contributed by atoms with E-state index >= 15 is 0 Å². The van der Waals surface area contributed by atoms with Crippen LogP contribution < -0.4 is 10.6 Å². The molecule has 0 saturated carbocycles. The Morgan fingerprint density at radius 1 is 1.22 bits per heavy atom. The molecule has 0 bridgehead atoms.